The lowest BCUT2D eigenvalue weighted by Gasteiger charge is -2.22. The predicted octanol–water partition coefficient (Wildman–Crippen LogP) is 1.61. The third-order valence-corrected chi connectivity index (χ3v) is 4.93. The molecule has 6 heteroatoms. The first-order valence-corrected chi connectivity index (χ1v) is 7.36. The van der Waals surface area contributed by atoms with Gasteiger partial charge in [0.15, 0.2) is 5.17 Å². The minimum atomic E-state index is -3.24. The number of aryl methyl sites for hydroxylation is 1. The maximum absolute atomic E-state index is 11.4. The highest BCUT2D eigenvalue weighted by Gasteiger charge is 2.32. The van der Waals surface area contributed by atoms with E-state index in [4.69, 9.17) is 0 Å². The number of nitrogens with zero attached hydrogens (tertiary/aromatic N) is 2. The molecule has 0 bridgehead atoms. The maximum atomic E-state index is 11.4. The first-order valence-electron chi connectivity index (χ1n) is 4.94. The van der Waals surface area contributed by atoms with Crippen LogP contribution in [-0.2, 0) is 10.0 Å². The van der Waals surface area contributed by atoms with E-state index in [-0.39, 0.29) is 5.75 Å². The van der Waals surface area contributed by atoms with Crippen LogP contribution >= 0.6 is 11.8 Å². The molecule has 2 aliphatic rings. The van der Waals surface area contributed by atoms with Gasteiger partial charge in [-0.2, -0.15) is 0 Å². The molecule has 16 heavy (non-hydrogen) atoms. The van der Waals surface area contributed by atoms with Gasteiger partial charge < -0.3 is 4.90 Å². The molecule has 2 heterocycles. The van der Waals surface area contributed by atoms with Crippen molar-refractivity contribution in [1.29, 1.82) is 0 Å². The highest BCUT2D eigenvalue weighted by molar-refractivity contribution is 8.15. The van der Waals surface area contributed by atoms with E-state index in [1.165, 1.54) is 17.3 Å². The van der Waals surface area contributed by atoms with Crippen LogP contribution in [0.15, 0.2) is 27.5 Å². The molecule has 1 aromatic carbocycles. The smallest absolute Gasteiger partial charge is 0.257 e. The fourth-order valence-electron chi connectivity index (χ4n) is 1.84. The van der Waals surface area contributed by atoms with E-state index in [2.05, 4.69) is 10.5 Å². The summed E-state index contributed by atoms with van der Waals surface area (Å²) >= 11 is 1.43. The second kappa shape index (κ2) is 3.24. The number of amidine groups is 1. The summed E-state index contributed by atoms with van der Waals surface area (Å²) in [4.78, 5) is 3.07. The van der Waals surface area contributed by atoms with Crippen molar-refractivity contribution in [2.24, 2.45) is 4.40 Å². The van der Waals surface area contributed by atoms with Crippen molar-refractivity contribution in [2.75, 3.05) is 17.2 Å². The van der Waals surface area contributed by atoms with E-state index in [1.54, 1.807) is 0 Å². The zero-order valence-electron chi connectivity index (χ0n) is 8.67. The maximum Gasteiger partial charge on any atom is 0.257 e. The summed E-state index contributed by atoms with van der Waals surface area (Å²) < 4.78 is 26.6. The van der Waals surface area contributed by atoms with E-state index in [0.717, 1.165) is 10.6 Å². The average Bonchev–Trinajstić information content (AvgIpc) is 2.51. The van der Waals surface area contributed by atoms with Gasteiger partial charge in [0.05, 0.1) is 11.4 Å². The molecule has 1 aromatic rings. The molecule has 0 spiro atoms. The number of hydrogen-bond donors (Lipinski definition) is 0. The second-order valence-corrected chi connectivity index (χ2v) is 6.65. The highest BCUT2D eigenvalue weighted by atomic mass is 32.2. The molecule has 84 valence electrons. The third kappa shape index (κ3) is 1.53. The number of thioether (sulfide) groups is 1. The Bertz CT molecular complexity index is 593. The van der Waals surface area contributed by atoms with Crippen LogP contribution in [0, 0.1) is 6.92 Å². The van der Waals surface area contributed by atoms with Gasteiger partial charge in [0.25, 0.3) is 10.0 Å². The number of hydrogen-bond acceptors (Lipinski definition) is 4. The standard InChI is InChI=1S/C10H10N2O2S2/c1-7-2-3-8-9(6-7)15-10-11-16(13,14)5-4-12(8)10/h2-3,6H,4-5H2,1H3. The van der Waals surface area contributed by atoms with Crippen LogP contribution in [0.4, 0.5) is 5.69 Å². The van der Waals surface area contributed by atoms with Gasteiger partial charge in [-0.25, -0.2) is 8.42 Å². The van der Waals surface area contributed by atoms with Gasteiger partial charge in [0.2, 0.25) is 0 Å². The van der Waals surface area contributed by atoms with Crippen molar-refractivity contribution < 1.29 is 8.42 Å². The molecular weight excluding hydrogens is 244 g/mol. The van der Waals surface area contributed by atoms with E-state index in [0.29, 0.717) is 11.7 Å². The highest BCUT2D eigenvalue weighted by Crippen LogP contribution is 2.42. The van der Waals surface area contributed by atoms with Crippen LogP contribution in [0.2, 0.25) is 0 Å². The summed E-state index contributed by atoms with van der Waals surface area (Å²) in [7, 11) is -3.24. The Balaban J connectivity index is 2.12. The lowest BCUT2D eigenvalue weighted by molar-refractivity contribution is 0.596. The summed E-state index contributed by atoms with van der Waals surface area (Å²) in [6.07, 6.45) is 0. The van der Waals surface area contributed by atoms with Crippen molar-refractivity contribution in [2.45, 2.75) is 11.8 Å². The van der Waals surface area contributed by atoms with Crippen molar-refractivity contribution in [3.63, 3.8) is 0 Å². The largest absolute Gasteiger partial charge is 0.318 e. The molecule has 0 aliphatic carbocycles. The van der Waals surface area contributed by atoms with Gasteiger partial charge in [0.1, 0.15) is 0 Å². The summed E-state index contributed by atoms with van der Waals surface area (Å²) in [5.41, 5.74) is 2.25. The van der Waals surface area contributed by atoms with E-state index in [9.17, 15) is 8.42 Å². The lowest BCUT2D eigenvalue weighted by Crippen LogP contribution is -2.35. The van der Waals surface area contributed by atoms with Crippen molar-refractivity contribution in [3.8, 4) is 0 Å². The van der Waals surface area contributed by atoms with Crippen molar-refractivity contribution in [1.82, 2.24) is 0 Å². The Morgan fingerprint density at radius 3 is 3.06 bits per heavy atom. The van der Waals surface area contributed by atoms with E-state index < -0.39 is 10.0 Å². The van der Waals surface area contributed by atoms with Gasteiger partial charge in [-0.1, -0.05) is 6.07 Å². The van der Waals surface area contributed by atoms with Gasteiger partial charge in [-0.15, -0.1) is 4.40 Å². The Morgan fingerprint density at radius 1 is 1.44 bits per heavy atom. The minimum Gasteiger partial charge on any atom is -0.318 e. The van der Waals surface area contributed by atoms with Crippen LogP contribution in [0.1, 0.15) is 5.56 Å². The fourth-order valence-corrected chi connectivity index (χ4v) is 4.19. The Morgan fingerprint density at radius 2 is 2.25 bits per heavy atom. The van der Waals surface area contributed by atoms with Gasteiger partial charge in [-0.05, 0) is 36.4 Å². The normalized spacial score (nSPS) is 21.3. The van der Waals surface area contributed by atoms with E-state index in [1.807, 2.05) is 24.0 Å². The summed E-state index contributed by atoms with van der Waals surface area (Å²) in [5, 5.41) is 0.590. The van der Waals surface area contributed by atoms with Crippen molar-refractivity contribution >= 4 is 32.6 Å². The molecule has 0 N–H and O–H groups in total. The molecule has 0 amide bonds. The van der Waals surface area contributed by atoms with Crippen LogP contribution in [-0.4, -0.2) is 25.9 Å². The molecule has 3 rings (SSSR count). The van der Waals surface area contributed by atoms with Crippen LogP contribution in [0.5, 0.6) is 0 Å². The molecule has 4 nitrogen and oxygen atoms in total. The molecule has 0 fully saturated rings. The summed E-state index contributed by atoms with van der Waals surface area (Å²) in [6.45, 7) is 2.53. The zero-order chi connectivity index (χ0) is 11.3. The number of rotatable bonds is 0. The average molecular weight is 254 g/mol. The van der Waals surface area contributed by atoms with Crippen LogP contribution in [0.25, 0.3) is 0 Å². The summed E-state index contributed by atoms with van der Waals surface area (Å²) in [6, 6.07) is 6.12. The zero-order valence-corrected chi connectivity index (χ0v) is 10.3. The Hall–Kier alpha value is -1.01. The first-order chi connectivity index (χ1) is 7.55. The topological polar surface area (TPSA) is 49.7 Å². The SMILES string of the molecule is Cc1ccc2c(c1)SC1=NS(=O)(=O)CCN12. The molecular formula is C10H10N2O2S2. The molecule has 0 unspecified atom stereocenters. The number of anilines is 1. The lowest BCUT2D eigenvalue weighted by atomic mass is 10.2. The fraction of sp³-hybridized carbons (Fsp3) is 0.300. The van der Waals surface area contributed by atoms with Crippen LogP contribution < -0.4 is 4.90 Å². The van der Waals surface area contributed by atoms with E-state index >= 15 is 0 Å². The van der Waals surface area contributed by atoms with Crippen molar-refractivity contribution in [3.05, 3.63) is 23.8 Å². The monoisotopic (exact) mass is 254 g/mol. The third-order valence-electron chi connectivity index (χ3n) is 2.63. The van der Waals surface area contributed by atoms with Crippen LogP contribution in [0.3, 0.4) is 0 Å². The molecule has 0 aromatic heterocycles. The Kier molecular flexibility index (Phi) is 2.06. The van der Waals surface area contributed by atoms with Gasteiger partial charge >= 0.3 is 0 Å². The number of benzene rings is 1. The van der Waals surface area contributed by atoms with Gasteiger partial charge in [0, 0.05) is 11.4 Å². The first kappa shape index (κ1) is 10.2. The van der Waals surface area contributed by atoms with Gasteiger partial charge in [-0.3, -0.25) is 0 Å². The molecule has 0 saturated heterocycles. The predicted molar refractivity (Wildman–Crippen MR) is 65.6 cm³/mol. The summed E-state index contributed by atoms with van der Waals surface area (Å²) in [5.74, 6) is 0.102. The molecule has 0 atom stereocenters. The number of fused-ring (bicyclic) bond motifs is 3. The molecule has 0 radical (unpaired) electrons. The molecule has 2 aliphatic heterocycles. The second-order valence-electron chi connectivity index (χ2n) is 3.88. The molecule has 0 saturated carbocycles. The number of sulfonamides is 1. The minimum absolute atomic E-state index is 0.102. The quantitative estimate of drug-likeness (QED) is 0.705. The Labute approximate surface area is 98.4 Å².